The number of hydrogen-bond acceptors (Lipinski definition) is 4. The lowest BCUT2D eigenvalue weighted by atomic mass is 9.90. The minimum absolute atomic E-state index is 0.0735. The van der Waals surface area contributed by atoms with Crippen LogP contribution in [0.1, 0.15) is 18.6 Å². The van der Waals surface area contributed by atoms with E-state index in [9.17, 15) is 5.11 Å². The van der Waals surface area contributed by atoms with Crippen LogP contribution in [-0.2, 0) is 0 Å². The Labute approximate surface area is 95.4 Å². The number of nitrogens with two attached hydrogens (primary N) is 1. The lowest BCUT2D eigenvalue weighted by molar-refractivity contribution is 0.114. The minimum Gasteiger partial charge on any atom is -0.492 e. The third kappa shape index (κ3) is 1.86. The van der Waals surface area contributed by atoms with Gasteiger partial charge < -0.3 is 20.9 Å². The van der Waals surface area contributed by atoms with Crippen molar-refractivity contribution in [2.24, 2.45) is 11.7 Å². The van der Waals surface area contributed by atoms with Crippen LogP contribution < -0.4 is 15.8 Å². The molecule has 88 valence electrons. The lowest BCUT2D eigenvalue weighted by Gasteiger charge is -2.31. The summed E-state index contributed by atoms with van der Waals surface area (Å²) in [4.78, 5) is 0. The van der Waals surface area contributed by atoms with E-state index in [1.165, 1.54) is 0 Å². The first kappa shape index (κ1) is 11.2. The van der Waals surface area contributed by atoms with Crippen molar-refractivity contribution in [3.63, 3.8) is 0 Å². The molecule has 0 amide bonds. The van der Waals surface area contributed by atoms with Gasteiger partial charge in [0.25, 0.3) is 0 Å². The predicted octanol–water partition coefficient (Wildman–Crippen LogP) is 1.12. The third-order valence-electron chi connectivity index (χ3n) is 2.97. The van der Waals surface area contributed by atoms with Gasteiger partial charge in [0, 0.05) is 18.0 Å². The summed E-state index contributed by atoms with van der Waals surface area (Å²) in [7, 11) is 0. The summed E-state index contributed by atoms with van der Waals surface area (Å²) in [6.07, 6.45) is -0.498. The second-order valence-electron chi connectivity index (χ2n) is 3.97. The normalized spacial score (nSPS) is 23.4. The Hall–Kier alpha value is -1.26. The number of benzene rings is 1. The van der Waals surface area contributed by atoms with Crippen LogP contribution in [0.2, 0.25) is 0 Å². The average molecular weight is 222 g/mol. The van der Waals surface area contributed by atoms with Gasteiger partial charge in [-0.15, -0.1) is 0 Å². The summed E-state index contributed by atoms with van der Waals surface area (Å²) < 4.78 is 5.52. The molecule has 0 aliphatic carbocycles. The van der Waals surface area contributed by atoms with Crippen LogP contribution in [0.25, 0.3) is 0 Å². The second kappa shape index (κ2) is 4.72. The van der Waals surface area contributed by atoms with E-state index in [1.807, 2.05) is 25.1 Å². The Balaban J connectivity index is 2.34. The molecule has 4 N–H and O–H groups in total. The molecule has 4 nitrogen and oxygen atoms in total. The molecule has 1 aromatic carbocycles. The smallest absolute Gasteiger partial charge is 0.142 e. The van der Waals surface area contributed by atoms with E-state index < -0.39 is 6.10 Å². The lowest BCUT2D eigenvalue weighted by Crippen LogP contribution is -2.33. The van der Waals surface area contributed by atoms with Gasteiger partial charge in [0.1, 0.15) is 5.75 Å². The van der Waals surface area contributed by atoms with E-state index in [1.54, 1.807) is 0 Å². The predicted molar refractivity (Wildman–Crippen MR) is 63.6 cm³/mol. The minimum atomic E-state index is -0.498. The molecule has 0 saturated heterocycles. The van der Waals surface area contributed by atoms with Crippen molar-refractivity contribution < 1.29 is 9.84 Å². The number of para-hydroxylation sites is 1. The van der Waals surface area contributed by atoms with Gasteiger partial charge in [0.05, 0.1) is 18.4 Å². The van der Waals surface area contributed by atoms with Gasteiger partial charge in [0.2, 0.25) is 0 Å². The number of aliphatic hydroxyl groups is 1. The molecule has 0 spiro atoms. The second-order valence-corrected chi connectivity index (χ2v) is 3.97. The monoisotopic (exact) mass is 222 g/mol. The highest BCUT2D eigenvalue weighted by molar-refractivity contribution is 5.64. The fourth-order valence-electron chi connectivity index (χ4n) is 2.07. The fraction of sp³-hybridized carbons (Fsp3) is 0.500. The standard InChI is InChI=1S/C12H18N2O2/c1-2-16-10-5-3-4-9-11(10)14-7-8(6-13)12(9)15/h3-5,8,12,14-15H,2,6-7,13H2,1H3/t8-,12-/m0/s1. The van der Waals surface area contributed by atoms with Gasteiger partial charge >= 0.3 is 0 Å². The molecule has 4 heteroatoms. The van der Waals surface area contributed by atoms with Crippen LogP contribution in [0.3, 0.4) is 0 Å². The molecule has 0 saturated carbocycles. The van der Waals surface area contributed by atoms with E-state index in [0.29, 0.717) is 19.7 Å². The van der Waals surface area contributed by atoms with E-state index >= 15 is 0 Å². The number of hydrogen-bond donors (Lipinski definition) is 3. The molecule has 0 bridgehead atoms. The van der Waals surface area contributed by atoms with Crippen molar-refractivity contribution in [3.05, 3.63) is 23.8 Å². The highest BCUT2D eigenvalue weighted by Gasteiger charge is 2.28. The van der Waals surface area contributed by atoms with Crippen LogP contribution in [0.15, 0.2) is 18.2 Å². The summed E-state index contributed by atoms with van der Waals surface area (Å²) >= 11 is 0. The van der Waals surface area contributed by atoms with Crippen LogP contribution in [0.4, 0.5) is 5.69 Å². The van der Waals surface area contributed by atoms with Gasteiger partial charge in [-0.25, -0.2) is 0 Å². The van der Waals surface area contributed by atoms with Crippen molar-refractivity contribution >= 4 is 5.69 Å². The summed E-state index contributed by atoms with van der Waals surface area (Å²) in [6.45, 7) is 3.73. The quantitative estimate of drug-likeness (QED) is 0.717. The SMILES string of the molecule is CCOc1cccc2c1NC[C@H](CN)[C@@H]2O. The molecular formula is C12H18N2O2. The first-order valence-corrected chi connectivity index (χ1v) is 5.65. The number of anilines is 1. The Morgan fingerprint density at radius 1 is 1.56 bits per heavy atom. The maximum atomic E-state index is 10.1. The van der Waals surface area contributed by atoms with Gasteiger partial charge in [-0.2, -0.15) is 0 Å². The van der Waals surface area contributed by atoms with Crippen molar-refractivity contribution in [1.82, 2.24) is 0 Å². The van der Waals surface area contributed by atoms with E-state index in [2.05, 4.69) is 5.32 Å². The first-order chi connectivity index (χ1) is 7.77. The molecule has 16 heavy (non-hydrogen) atoms. The van der Waals surface area contributed by atoms with Crippen molar-refractivity contribution in [3.8, 4) is 5.75 Å². The highest BCUT2D eigenvalue weighted by Crippen LogP contribution is 2.38. The molecule has 2 rings (SSSR count). The Morgan fingerprint density at radius 2 is 2.38 bits per heavy atom. The number of aliphatic hydroxyl groups excluding tert-OH is 1. The maximum Gasteiger partial charge on any atom is 0.142 e. The zero-order valence-corrected chi connectivity index (χ0v) is 9.44. The van der Waals surface area contributed by atoms with Crippen molar-refractivity contribution in [2.75, 3.05) is 25.0 Å². The Morgan fingerprint density at radius 3 is 3.06 bits per heavy atom. The summed E-state index contributed by atoms with van der Waals surface area (Å²) in [5.41, 5.74) is 7.40. The molecule has 2 atom stereocenters. The molecule has 1 heterocycles. The maximum absolute atomic E-state index is 10.1. The van der Waals surface area contributed by atoms with E-state index in [4.69, 9.17) is 10.5 Å². The molecule has 1 aromatic rings. The fourth-order valence-corrected chi connectivity index (χ4v) is 2.07. The van der Waals surface area contributed by atoms with E-state index in [0.717, 1.165) is 17.0 Å². The molecule has 0 unspecified atom stereocenters. The van der Waals surface area contributed by atoms with Crippen LogP contribution in [-0.4, -0.2) is 24.8 Å². The zero-order valence-electron chi connectivity index (χ0n) is 9.44. The molecule has 0 radical (unpaired) electrons. The summed E-state index contributed by atoms with van der Waals surface area (Å²) in [5, 5.41) is 13.4. The number of nitrogens with one attached hydrogen (secondary N) is 1. The molecule has 1 aliphatic rings. The van der Waals surface area contributed by atoms with Gasteiger partial charge in [-0.1, -0.05) is 12.1 Å². The third-order valence-corrected chi connectivity index (χ3v) is 2.97. The number of ether oxygens (including phenoxy) is 1. The van der Waals surface area contributed by atoms with Crippen LogP contribution in [0, 0.1) is 5.92 Å². The molecule has 0 fully saturated rings. The highest BCUT2D eigenvalue weighted by atomic mass is 16.5. The molecule has 1 aliphatic heterocycles. The van der Waals surface area contributed by atoms with E-state index in [-0.39, 0.29) is 5.92 Å². The molecular weight excluding hydrogens is 204 g/mol. The van der Waals surface area contributed by atoms with Crippen molar-refractivity contribution in [2.45, 2.75) is 13.0 Å². The Bertz CT molecular complexity index is 368. The van der Waals surface area contributed by atoms with Crippen LogP contribution in [0.5, 0.6) is 5.75 Å². The van der Waals surface area contributed by atoms with Gasteiger partial charge in [0.15, 0.2) is 0 Å². The largest absolute Gasteiger partial charge is 0.492 e. The number of rotatable bonds is 3. The summed E-state index contributed by atoms with van der Waals surface area (Å²) in [5.74, 6) is 0.874. The summed E-state index contributed by atoms with van der Waals surface area (Å²) in [6, 6.07) is 5.72. The van der Waals surface area contributed by atoms with Gasteiger partial charge in [-0.05, 0) is 19.5 Å². The van der Waals surface area contributed by atoms with Crippen LogP contribution >= 0.6 is 0 Å². The zero-order chi connectivity index (χ0) is 11.5. The first-order valence-electron chi connectivity index (χ1n) is 5.65. The molecule has 0 aromatic heterocycles. The number of fused-ring (bicyclic) bond motifs is 1. The van der Waals surface area contributed by atoms with Gasteiger partial charge in [-0.3, -0.25) is 0 Å². The topological polar surface area (TPSA) is 67.5 Å². The average Bonchev–Trinajstić information content (AvgIpc) is 2.31. The Kier molecular flexibility index (Phi) is 3.31. The van der Waals surface area contributed by atoms with Crippen molar-refractivity contribution in [1.29, 1.82) is 0 Å².